The van der Waals surface area contributed by atoms with Gasteiger partial charge in [0.25, 0.3) is 0 Å². The maximum absolute atomic E-state index is 13.1. The van der Waals surface area contributed by atoms with Crippen LogP contribution in [0.4, 0.5) is 11.5 Å². The first kappa shape index (κ1) is 19.7. The first-order valence-corrected chi connectivity index (χ1v) is 9.51. The average Bonchev–Trinajstić information content (AvgIpc) is 3.11. The van der Waals surface area contributed by atoms with Gasteiger partial charge in [0, 0.05) is 24.4 Å². The Kier molecular flexibility index (Phi) is 5.49. The predicted octanol–water partition coefficient (Wildman–Crippen LogP) is 3.23. The van der Waals surface area contributed by atoms with Crippen molar-refractivity contribution in [1.82, 2.24) is 9.78 Å². The van der Waals surface area contributed by atoms with Crippen molar-refractivity contribution in [3.05, 3.63) is 60.3 Å². The van der Waals surface area contributed by atoms with Gasteiger partial charge in [-0.2, -0.15) is 5.10 Å². The van der Waals surface area contributed by atoms with E-state index in [0.717, 1.165) is 11.1 Å². The van der Waals surface area contributed by atoms with Crippen LogP contribution in [0.3, 0.4) is 0 Å². The van der Waals surface area contributed by atoms with E-state index in [1.54, 1.807) is 43.2 Å². The number of amides is 2. The van der Waals surface area contributed by atoms with E-state index >= 15 is 0 Å². The monoisotopic (exact) mass is 406 g/mol. The highest BCUT2D eigenvalue weighted by molar-refractivity contribution is 6.03. The van der Waals surface area contributed by atoms with Crippen LogP contribution >= 0.6 is 0 Å². The number of aromatic nitrogens is 2. The summed E-state index contributed by atoms with van der Waals surface area (Å²) in [5, 5.41) is 10.4. The van der Waals surface area contributed by atoms with E-state index in [9.17, 15) is 9.59 Å². The van der Waals surface area contributed by atoms with E-state index < -0.39 is 6.04 Å². The van der Waals surface area contributed by atoms with Crippen molar-refractivity contribution in [2.75, 3.05) is 24.9 Å². The lowest BCUT2D eigenvalue weighted by Crippen LogP contribution is -2.35. The third-order valence-corrected chi connectivity index (χ3v) is 4.90. The second-order valence-corrected chi connectivity index (χ2v) is 6.90. The highest BCUT2D eigenvalue weighted by Gasteiger charge is 2.35. The summed E-state index contributed by atoms with van der Waals surface area (Å²) < 4.78 is 12.1. The van der Waals surface area contributed by atoms with E-state index in [1.807, 2.05) is 30.3 Å². The summed E-state index contributed by atoms with van der Waals surface area (Å²) >= 11 is 0. The summed E-state index contributed by atoms with van der Waals surface area (Å²) in [5.74, 6) is 0.553. The molecule has 8 heteroatoms. The van der Waals surface area contributed by atoms with Crippen LogP contribution in [0.2, 0.25) is 0 Å². The lowest BCUT2D eigenvalue weighted by Gasteiger charge is -2.24. The van der Waals surface area contributed by atoms with Gasteiger partial charge in [-0.25, -0.2) is 4.68 Å². The largest absolute Gasteiger partial charge is 0.497 e. The normalized spacial score (nSPS) is 15.3. The molecule has 1 aromatic heterocycles. The molecular formula is C22H22N4O4. The van der Waals surface area contributed by atoms with Gasteiger partial charge in [0.2, 0.25) is 11.8 Å². The molecule has 8 nitrogen and oxygen atoms in total. The summed E-state index contributed by atoms with van der Waals surface area (Å²) in [6, 6.07) is 15.9. The zero-order valence-electron chi connectivity index (χ0n) is 16.7. The molecule has 0 spiro atoms. The lowest BCUT2D eigenvalue weighted by molar-refractivity contribution is -0.125. The van der Waals surface area contributed by atoms with Gasteiger partial charge in [-0.3, -0.25) is 9.59 Å². The third-order valence-electron chi connectivity index (χ3n) is 4.90. The molecule has 0 saturated carbocycles. The van der Waals surface area contributed by atoms with E-state index in [1.165, 1.54) is 0 Å². The number of hydrogen-bond acceptors (Lipinski definition) is 5. The fourth-order valence-electron chi connectivity index (χ4n) is 3.55. The second-order valence-electron chi connectivity index (χ2n) is 6.90. The number of rotatable bonds is 6. The zero-order chi connectivity index (χ0) is 21.1. The number of anilines is 2. The maximum Gasteiger partial charge on any atom is 0.249 e. The molecule has 1 aliphatic rings. The molecule has 0 saturated heterocycles. The van der Waals surface area contributed by atoms with Crippen molar-refractivity contribution >= 4 is 23.3 Å². The van der Waals surface area contributed by atoms with E-state index in [2.05, 4.69) is 15.7 Å². The molecule has 3 aromatic rings. The van der Waals surface area contributed by atoms with Crippen molar-refractivity contribution in [3.8, 4) is 16.9 Å². The molecule has 0 aliphatic carbocycles. The highest BCUT2D eigenvalue weighted by atomic mass is 16.5. The number of methoxy groups -OCH3 is 2. The van der Waals surface area contributed by atoms with Crippen molar-refractivity contribution in [2.45, 2.75) is 19.1 Å². The molecule has 4 rings (SSSR count). The highest BCUT2D eigenvalue weighted by Crippen LogP contribution is 2.37. The Labute approximate surface area is 173 Å². The Morgan fingerprint density at radius 3 is 2.73 bits per heavy atom. The fraction of sp³-hybridized carbons (Fsp3) is 0.227. The van der Waals surface area contributed by atoms with E-state index in [0.29, 0.717) is 22.9 Å². The minimum Gasteiger partial charge on any atom is -0.497 e. The van der Waals surface area contributed by atoms with E-state index in [4.69, 9.17) is 9.47 Å². The minimum absolute atomic E-state index is 0.00880. The molecule has 2 heterocycles. The van der Waals surface area contributed by atoms with Gasteiger partial charge >= 0.3 is 0 Å². The third kappa shape index (κ3) is 3.77. The summed E-state index contributed by atoms with van der Waals surface area (Å²) in [6.45, 7) is 0.254. The lowest BCUT2D eigenvalue weighted by atomic mass is 10.0. The molecule has 0 bridgehead atoms. The smallest absolute Gasteiger partial charge is 0.249 e. The van der Waals surface area contributed by atoms with Crippen LogP contribution < -0.4 is 15.4 Å². The van der Waals surface area contributed by atoms with Gasteiger partial charge in [-0.1, -0.05) is 36.4 Å². The summed E-state index contributed by atoms with van der Waals surface area (Å²) in [4.78, 5) is 25.5. The summed E-state index contributed by atoms with van der Waals surface area (Å²) in [5.41, 5.74) is 2.88. The van der Waals surface area contributed by atoms with Crippen molar-refractivity contribution in [2.24, 2.45) is 0 Å². The van der Waals surface area contributed by atoms with Gasteiger partial charge in [-0.15, -0.1) is 0 Å². The maximum atomic E-state index is 13.1. The topological polar surface area (TPSA) is 94.5 Å². The molecule has 1 atom stereocenters. The number of hydrogen-bond donors (Lipinski definition) is 2. The Bertz CT molecular complexity index is 1080. The zero-order valence-corrected chi connectivity index (χ0v) is 16.7. The first-order valence-electron chi connectivity index (χ1n) is 9.51. The standard InChI is InChI=1S/C22H22N4O4/c1-29-13-17-20(14-7-4-3-5-8-14)21-24-19(27)12-18(26(21)25-17)22(28)23-15-9-6-10-16(11-15)30-2/h3-11,18H,12-13H2,1-2H3,(H,23,28)(H,24,27)/t18-/m1/s1. The predicted molar refractivity (Wildman–Crippen MR) is 112 cm³/mol. The van der Waals surface area contributed by atoms with Crippen LogP contribution in [0.1, 0.15) is 18.2 Å². The van der Waals surface area contributed by atoms with Crippen LogP contribution in [-0.4, -0.2) is 35.8 Å². The Morgan fingerprint density at radius 1 is 1.20 bits per heavy atom. The van der Waals surface area contributed by atoms with Gasteiger partial charge in [0.15, 0.2) is 0 Å². The van der Waals surface area contributed by atoms with Crippen molar-refractivity contribution < 1.29 is 19.1 Å². The minimum atomic E-state index is -0.784. The fourth-order valence-corrected chi connectivity index (χ4v) is 3.55. The molecule has 154 valence electrons. The van der Waals surface area contributed by atoms with Crippen molar-refractivity contribution in [3.63, 3.8) is 0 Å². The first-order chi connectivity index (χ1) is 14.6. The Hall–Kier alpha value is -3.65. The van der Waals surface area contributed by atoms with Gasteiger partial charge < -0.3 is 20.1 Å². The number of nitrogens with one attached hydrogen (secondary N) is 2. The SMILES string of the molecule is COCc1nn2c(c1-c1ccccc1)NC(=O)C[C@@H]2C(=O)Nc1cccc(OC)c1. The molecule has 0 unspecified atom stereocenters. The molecule has 2 aromatic carbocycles. The quantitative estimate of drug-likeness (QED) is 0.655. The molecule has 0 radical (unpaired) electrons. The second kappa shape index (κ2) is 8.38. The van der Waals surface area contributed by atoms with Gasteiger partial charge in [0.1, 0.15) is 17.6 Å². The number of carbonyl (C=O) groups is 2. The summed E-state index contributed by atoms with van der Waals surface area (Å²) in [6.07, 6.45) is -0.00880. The van der Waals surface area contributed by atoms with Crippen LogP contribution in [0.15, 0.2) is 54.6 Å². The van der Waals surface area contributed by atoms with Gasteiger partial charge in [-0.05, 0) is 17.7 Å². The Balaban J connectivity index is 1.72. The van der Waals surface area contributed by atoms with Crippen LogP contribution in [0.25, 0.3) is 11.1 Å². The number of nitrogens with zero attached hydrogens (tertiary/aromatic N) is 2. The van der Waals surface area contributed by atoms with Crippen LogP contribution in [0.5, 0.6) is 5.75 Å². The summed E-state index contributed by atoms with van der Waals surface area (Å²) in [7, 11) is 3.14. The van der Waals surface area contributed by atoms with Crippen molar-refractivity contribution in [1.29, 1.82) is 0 Å². The van der Waals surface area contributed by atoms with Crippen LogP contribution in [-0.2, 0) is 20.9 Å². The molecule has 1 aliphatic heterocycles. The van der Waals surface area contributed by atoms with Gasteiger partial charge in [0.05, 0.1) is 25.8 Å². The number of carbonyl (C=O) groups excluding carboxylic acids is 2. The number of fused-ring (bicyclic) bond motifs is 1. The molecule has 0 fully saturated rings. The molecule has 2 N–H and O–H groups in total. The van der Waals surface area contributed by atoms with E-state index in [-0.39, 0.29) is 24.8 Å². The Morgan fingerprint density at radius 2 is 2.00 bits per heavy atom. The number of ether oxygens (including phenoxy) is 2. The number of benzene rings is 2. The molecule has 2 amide bonds. The average molecular weight is 406 g/mol. The molecule has 30 heavy (non-hydrogen) atoms. The molecular weight excluding hydrogens is 384 g/mol. The van der Waals surface area contributed by atoms with Crippen LogP contribution in [0, 0.1) is 0 Å².